The zero-order chi connectivity index (χ0) is 13.4. The monoisotopic (exact) mass is 272 g/mol. The maximum Gasteiger partial charge on any atom is 0.146 e. The van der Waals surface area contributed by atoms with Gasteiger partial charge < -0.3 is 15.8 Å². The van der Waals surface area contributed by atoms with Gasteiger partial charge in [0.25, 0.3) is 0 Å². The van der Waals surface area contributed by atoms with Gasteiger partial charge in [-0.15, -0.1) is 0 Å². The molecule has 0 bridgehead atoms. The standard InChI is InChI=1S/C13H21FN2OS/c1-3-18-7-6-10(9-15)16-13-8-11(17-2)4-5-12(13)14/h4-5,8,10,16H,3,6-7,9,15H2,1-2H3. The molecule has 0 aliphatic heterocycles. The molecule has 1 rings (SSSR count). The fraction of sp³-hybridized carbons (Fsp3) is 0.538. The average Bonchev–Trinajstić information content (AvgIpc) is 2.40. The van der Waals surface area contributed by atoms with Crippen molar-refractivity contribution in [3.63, 3.8) is 0 Å². The van der Waals surface area contributed by atoms with Gasteiger partial charge in [-0.05, 0) is 30.1 Å². The third-order valence-electron chi connectivity index (χ3n) is 2.63. The Morgan fingerprint density at radius 2 is 2.28 bits per heavy atom. The van der Waals surface area contributed by atoms with Crippen LogP contribution in [0.25, 0.3) is 0 Å². The molecule has 102 valence electrons. The number of hydrogen-bond acceptors (Lipinski definition) is 4. The van der Waals surface area contributed by atoms with Crippen LogP contribution in [0.2, 0.25) is 0 Å². The van der Waals surface area contributed by atoms with E-state index in [1.807, 2.05) is 11.8 Å². The third kappa shape index (κ3) is 4.74. The van der Waals surface area contributed by atoms with Gasteiger partial charge in [0.15, 0.2) is 0 Å². The van der Waals surface area contributed by atoms with Gasteiger partial charge in [-0.1, -0.05) is 6.92 Å². The first-order valence-electron chi connectivity index (χ1n) is 6.09. The lowest BCUT2D eigenvalue weighted by molar-refractivity contribution is 0.414. The quantitative estimate of drug-likeness (QED) is 0.714. The number of hydrogen-bond donors (Lipinski definition) is 2. The van der Waals surface area contributed by atoms with Crippen molar-refractivity contribution in [2.45, 2.75) is 19.4 Å². The van der Waals surface area contributed by atoms with Crippen molar-refractivity contribution in [2.75, 3.05) is 30.5 Å². The number of methoxy groups -OCH3 is 1. The number of rotatable bonds is 8. The van der Waals surface area contributed by atoms with Crippen molar-refractivity contribution in [3.8, 4) is 5.75 Å². The number of nitrogens with two attached hydrogens (primary N) is 1. The van der Waals surface area contributed by atoms with E-state index in [-0.39, 0.29) is 11.9 Å². The van der Waals surface area contributed by atoms with E-state index < -0.39 is 0 Å². The van der Waals surface area contributed by atoms with Crippen LogP contribution >= 0.6 is 11.8 Å². The Bertz CT molecular complexity index is 363. The molecule has 0 aromatic heterocycles. The number of benzene rings is 1. The number of ether oxygens (including phenoxy) is 1. The van der Waals surface area contributed by atoms with E-state index in [1.54, 1.807) is 19.2 Å². The van der Waals surface area contributed by atoms with Crippen molar-refractivity contribution < 1.29 is 9.13 Å². The number of anilines is 1. The van der Waals surface area contributed by atoms with Crippen LogP contribution in [0.3, 0.4) is 0 Å². The van der Waals surface area contributed by atoms with Gasteiger partial charge in [0.1, 0.15) is 11.6 Å². The molecule has 0 saturated carbocycles. The second-order valence-electron chi connectivity index (χ2n) is 3.91. The normalized spacial score (nSPS) is 12.2. The first-order chi connectivity index (χ1) is 8.71. The molecular weight excluding hydrogens is 251 g/mol. The molecule has 0 fully saturated rings. The van der Waals surface area contributed by atoms with Crippen LogP contribution in [0.15, 0.2) is 18.2 Å². The molecule has 1 unspecified atom stereocenters. The minimum Gasteiger partial charge on any atom is -0.497 e. The molecule has 0 heterocycles. The van der Waals surface area contributed by atoms with Crippen LogP contribution in [0, 0.1) is 5.82 Å². The van der Waals surface area contributed by atoms with E-state index in [0.717, 1.165) is 17.9 Å². The Morgan fingerprint density at radius 1 is 1.50 bits per heavy atom. The predicted octanol–water partition coefficient (Wildman–Crippen LogP) is 2.72. The zero-order valence-electron chi connectivity index (χ0n) is 10.9. The van der Waals surface area contributed by atoms with Gasteiger partial charge in [0, 0.05) is 18.7 Å². The fourth-order valence-corrected chi connectivity index (χ4v) is 2.32. The van der Waals surface area contributed by atoms with Gasteiger partial charge in [-0.3, -0.25) is 0 Å². The summed E-state index contributed by atoms with van der Waals surface area (Å²) < 4.78 is 18.7. The highest BCUT2D eigenvalue weighted by Gasteiger charge is 2.10. The summed E-state index contributed by atoms with van der Waals surface area (Å²) in [5, 5.41) is 3.14. The molecule has 0 aliphatic carbocycles. The van der Waals surface area contributed by atoms with Crippen LogP contribution < -0.4 is 15.8 Å². The topological polar surface area (TPSA) is 47.3 Å². The summed E-state index contributed by atoms with van der Waals surface area (Å²) in [6, 6.07) is 4.75. The van der Waals surface area contributed by atoms with Gasteiger partial charge in [0.05, 0.1) is 12.8 Å². The maximum atomic E-state index is 13.6. The lowest BCUT2D eigenvalue weighted by atomic mass is 10.2. The summed E-state index contributed by atoms with van der Waals surface area (Å²) in [4.78, 5) is 0. The second kappa shape index (κ2) is 8.21. The summed E-state index contributed by atoms with van der Waals surface area (Å²) >= 11 is 1.86. The lowest BCUT2D eigenvalue weighted by Crippen LogP contribution is -2.29. The van der Waals surface area contributed by atoms with Crippen LogP contribution in [-0.4, -0.2) is 31.2 Å². The van der Waals surface area contributed by atoms with Crippen molar-refractivity contribution in [1.82, 2.24) is 0 Å². The molecule has 1 aromatic rings. The Kier molecular flexibility index (Phi) is 6.90. The van der Waals surface area contributed by atoms with E-state index >= 15 is 0 Å². The molecule has 1 atom stereocenters. The summed E-state index contributed by atoms with van der Waals surface area (Å²) in [6.45, 7) is 2.61. The molecule has 18 heavy (non-hydrogen) atoms. The Labute approximate surface area is 112 Å². The zero-order valence-corrected chi connectivity index (χ0v) is 11.7. The average molecular weight is 272 g/mol. The molecule has 3 nitrogen and oxygen atoms in total. The molecule has 0 amide bonds. The van der Waals surface area contributed by atoms with Crippen LogP contribution in [-0.2, 0) is 0 Å². The third-order valence-corrected chi connectivity index (χ3v) is 3.57. The second-order valence-corrected chi connectivity index (χ2v) is 5.30. The minimum absolute atomic E-state index is 0.0886. The van der Waals surface area contributed by atoms with Crippen LogP contribution in [0.4, 0.5) is 10.1 Å². The van der Waals surface area contributed by atoms with Crippen molar-refractivity contribution in [2.24, 2.45) is 5.73 Å². The van der Waals surface area contributed by atoms with Crippen molar-refractivity contribution >= 4 is 17.4 Å². The molecular formula is C13H21FN2OS. The molecule has 3 N–H and O–H groups in total. The van der Waals surface area contributed by atoms with Crippen LogP contribution in [0.1, 0.15) is 13.3 Å². The van der Waals surface area contributed by atoms with Crippen molar-refractivity contribution in [3.05, 3.63) is 24.0 Å². The number of thioether (sulfide) groups is 1. The Hall–Kier alpha value is -0.940. The lowest BCUT2D eigenvalue weighted by Gasteiger charge is -2.18. The first-order valence-corrected chi connectivity index (χ1v) is 7.24. The van der Waals surface area contributed by atoms with E-state index in [9.17, 15) is 4.39 Å². The van der Waals surface area contributed by atoms with E-state index in [0.29, 0.717) is 18.0 Å². The highest BCUT2D eigenvalue weighted by Crippen LogP contribution is 2.22. The van der Waals surface area contributed by atoms with Crippen molar-refractivity contribution in [1.29, 1.82) is 0 Å². The first kappa shape index (κ1) is 15.1. The molecule has 1 aromatic carbocycles. The molecule has 0 spiro atoms. The summed E-state index contributed by atoms with van der Waals surface area (Å²) in [7, 11) is 1.56. The molecule has 0 saturated heterocycles. The van der Waals surface area contributed by atoms with Gasteiger partial charge in [0.2, 0.25) is 0 Å². The van der Waals surface area contributed by atoms with E-state index in [1.165, 1.54) is 6.07 Å². The number of nitrogens with one attached hydrogen (secondary N) is 1. The summed E-state index contributed by atoms with van der Waals surface area (Å²) in [5.74, 6) is 2.47. The summed E-state index contributed by atoms with van der Waals surface area (Å²) in [6.07, 6.45) is 0.922. The summed E-state index contributed by atoms with van der Waals surface area (Å²) in [5.41, 5.74) is 6.15. The SMILES string of the molecule is CCSCCC(CN)Nc1cc(OC)ccc1F. The Balaban J connectivity index is 2.62. The largest absolute Gasteiger partial charge is 0.497 e. The smallest absolute Gasteiger partial charge is 0.146 e. The van der Waals surface area contributed by atoms with Gasteiger partial charge in [-0.2, -0.15) is 11.8 Å². The number of halogens is 1. The molecule has 5 heteroatoms. The van der Waals surface area contributed by atoms with E-state index in [4.69, 9.17) is 10.5 Å². The molecule has 0 aliphatic rings. The maximum absolute atomic E-state index is 13.6. The van der Waals surface area contributed by atoms with Gasteiger partial charge in [-0.25, -0.2) is 4.39 Å². The Morgan fingerprint density at radius 3 is 2.89 bits per heavy atom. The minimum atomic E-state index is -0.280. The fourth-order valence-electron chi connectivity index (χ4n) is 1.58. The highest BCUT2D eigenvalue weighted by atomic mass is 32.2. The van der Waals surface area contributed by atoms with E-state index in [2.05, 4.69) is 12.2 Å². The van der Waals surface area contributed by atoms with Gasteiger partial charge >= 0.3 is 0 Å². The highest BCUT2D eigenvalue weighted by molar-refractivity contribution is 7.99. The van der Waals surface area contributed by atoms with Crippen LogP contribution in [0.5, 0.6) is 5.75 Å². The molecule has 0 radical (unpaired) electrons. The predicted molar refractivity (Wildman–Crippen MR) is 77.0 cm³/mol.